The predicted molar refractivity (Wildman–Crippen MR) is 62.3 cm³/mol. The molecule has 84 valence electrons. The highest BCUT2D eigenvalue weighted by molar-refractivity contribution is 5.35. The summed E-state index contributed by atoms with van der Waals surface area (Å²) in [6, 6.07) is 10.3. The normalized spacial score (nSPS) is 18.3. The fourth-order valence-corrected chi connectivity index (χ4v) is 1.93. The van der Waals surface area contributed by atoms with Crippen LogP contribution >= 0.6 is 0 Å². The van der Waals surface area contributed by atoms with Crippen molar-refractivity contribution in [2.24, 2.45) is 0 Å². The Balaban J connectivity index is 1.82. The zero-order valence-corrected chi connectivity index (χ0v) is 9.28. The minimum absolute atomic E-state index is 0.244. The third-order valence-corrected chi connectivity index (χ3v) is 2.79. The average Bonchev–Trinajstić information content (AvgIpc) is 2.34. The SMILES string of the molecule is N#CCCNCC1CCc2ccccc2O1. The molecule has 1 aliphatic heterocycles. The molecule has 3 nitrogen and oxygen atoms in total. The molecule has 16 heavy (non-hydrogen) atoms. The van der Waals surface area contributed by atoms with E-state index in [1.807, 2.05) is 18.2 Å². The van der Waals surface area contributed by atoms with E-state index >= 15 is 0 Å². The van der Waals surface area contributed by atoms with Gasteiger partial charge < -0.3 is 10.1 Å². The highest BCUT2D eigenvalue weighted by Crippen LogP contribution is 2.26. The molecule has 1 unspecified atom stereocenters. The van der Waals surface area contributed by atoms with Crippen LogP contribution in [0, 0.1) is 11.3 Å². The van der Waals surface area contributed by atoms with Crippen molar-refractivity contribution in [3.63, 3.8) is 0 Å². The zero-order valence-electron chi connectivity index (χ0n) is 9.28. The summed E-state index contributed by atoms with van der Waals surface area (Å²) in [5.74, 6) is 1.01. The van der Waals surface area contributed by atoms with Gasteiger partial charge in [0.2, 0.25) is 0 Å². The van der Waals surface area contributed by atoms with Crippen LogP contribution in [-0.4, -0.2) is 19.2 Å². The maximum absolute atomic E-state index is 8.41. The lowest BCUT2D eigenvalue weighted by Gasteiger charge is -2.26. The maximum atomic E-state index is 8.41. The number of rotatable bonds is 4. The van der Waals surface area contributed by atoms with Gasteiger partial charge in [0.25, 0.3) is 0 Å². The summed E-state index contributed by atoms with van der Waals surface area (Å²) in [4.78, 5) is 0. The number of aryl methyl sites for hydroxylation is 1. The Hall–Kier alpha value is -1.53. The van der Waals surface area contributed by atoms with Gasteiger partial charge >= 0.3 is 0 Å². The fraction of sp³-hybridized carbons (Fsp3) is 0.462. The number of nitrogens with zero attached hydrogens (tertiary/aromatic N) is 1. The van der Waals surface area contributed by atoms with Crippen LogP contribution in [-0.2, 0) is 6.42 Å². The smallest absolute Gasteiger partial charge is 0.122 e. The Labute approximate surface area is 96.0 Å². The lowest BCUT2D eigenvalue weighted by molar-refractivity contribution is 0.171. The second-order valence-electron chi connectivity index (χ2n) is 4.00. The first-order valence-corrected chi connectivity index (χ1v) is 5.72. The molecular weight excluding hydrogens is 200 g/mol. The second kappa shape index (κ2) is 5.53. The number of hydrogen-bond donors (Lipinski definition) is 1. The maximum Gasteiger partial charge on any atom is 0.122 e. The molecule has 3 heteroatoms. The van der Waals surface area contributed by atoms with Gasteiger partial charge in [0.15, 0.2) is 0 Å². The number of nitriles is 1. The first kappa shape index (κ1) is 11.0. The number of para-hydroxylation sites is 1. The van der Waals surface area contributed by atoms with Gasteiger partial charge in [-0.1, -0.05) is 18.2 Å². The van der Waals surface area contributed by atoms with Crippen molar-refractivity contribution < 1.29 is 4.74 Å². The quantitative estimate of drug-likeness (QED) is 0.782. The van der Waals surface area contributed by atoms with E-state index in [4.69, 9.17) is 10.00 Å². The summed E-state index contributed by atoms with van der Waals surface area (Å²) in [5, 5.41) is 11.7. The van der Waals surface area contributed by atoms with Gasteiger partial charge in [-0.3, -0.25) is 0 Å². The zero-order chi connectivity index (χ0) is 11.2. The van der Waals surface area contributed by atoms with Gasteiger partial charge in [0.1, 0.15) is 11.9 Å². The predicted octanol–water partition coefficient (Wildman–Crippen LogP) is 1.88. The summed E-state index contributed by atoms with van der Waals surface area (Å²) in [7, 11) is 0. The number of fused-ring (bicyclic) bond motifs is 1. The molecular formula is C13H16N2O. The van der Waals surface area contributed by atoms with Crippen LogP contribution in [0.5, 0.6) is 5.75 Å². The first-order chi connectivity index (χ1) is 7.90. The van der Waals surface area contributed by atoms with Crippen molar-refractivity contribution in [2.45, 2.75) is 25.4 Å². The van der Waals surface area contributed by atoms with E-state index in [-0.39, 0.29) is 6.10 Å². The van der Waals surface area contributed by atoms with Gasteiger partial charge in [0.05, 0.1) is 6.07 Å². The molecule has 0 bridgehead atoms. The van der Waals surface area contributed by atoms with E-state index in [1.165, 1.54) is 5.56 Å². The molecule has 2 rings (SSSR count). The van der Waals surface area contributed by atoms with E-state index in [9.17, 15) is 0 Å². The number of nitrogens with one attached hydrogen (secondary N) is 1. The molecule has 1 aromatic rings. The minimum Gasteiger partial charge on any atom is -0.489 e. The molecule has 1 aromatic carbocycles. The van der Waals surface area contributed by atoms with Crippen LogP contribution < -0.4 is 10.1 Å². The lowest BCUT2D eigenvalue weighted by atomic mass is 10.0. The molecule has 0 spiro atoms. The van der Waals surface area contributed by atoms with Crippen LogP contribution in [0.1, 0.15) is 18.4 Å². The standard InChI is InChI=1S/C13H16N2O/c14-8-3-9-15-10-12-7-6-11-4-1-2-5-13(11)16-12/h1-2,4-5,12,15H,3,6-7,9-10H2. The Bertz CT molecular complexity index is 384. The highest BCUT2D eigenvalue weighted by atomic mass is 16.5. The van der Waals surface area contributed by atoms with Crippen molar-refractivity contribution in [2.75, 3.05) is 13.1 Å². The molecule has 1 heterocycles. The van der Waals surface area contributed by atoms with E-state index in [1.54, 1.807) is 0 Å². The van der Waals surface area contributed by atoms with Gasteiger partial charge in [-0.15, -0.1) is 0 Å². The van der Waals surface area contributed by atoms with Crippen molar-refractivity contribution in [1.82, 2.24) is 5.32 Å². The number of hydrogen-bond acceptors (Lipinski definition) is 3. The molecule has 1 N–H and O–H groups in total. The van der Waals surface area contributed by atoms with Crippen molar-refractivity contribution >= 4 is 0 Å². The molecule has 0 radical (unpaired) electrons. The van der Waals surface area contributed by atoms with Gasteiger partial charge in [-0.05, 0) is 24.5 Å². The van der Waals surface area contributed by atoms with Crippen LogP contribution in [0.4, 0.5) is 0 Å². The van der Waals surface area contributed by atoms with Crippen molar-refractivity contribution in [3.05, 3.63) is 29.8 Å². The largest absolute Gasteiger partial charge is 0.489 e. The molecule has 0 fully saturated rings. The average molecular weight is 216 g/mol. The molecule has 0 aromatic heterocycles. The third-order valence-electron chi connectivity index (χ3n) is 2.79. The van der Waals surface area contributed by atoms with Crippen molar-refractivity contribution in [1.29, 1.82) is 5.26 Å². The van der Waals surface area contributed by atoms with Gasteiger partial charge in [-0.25, -0.2) is 0 Å². The molecule has 0 saturated carbocycles. The molecule has 0 amide bonds. The van der Waals surface area contributed by atoms with E-state index in [0.29, 0.717) is 6.42 Å². The van der Waals surface area contributed by atoms with Crippen LogP contribution in [0.3, 0.4) is 0 Å². The summed E-state index contributed by atoms with van der Waals surface area (Å²) in [6.07, 6.45) is 2.94. The third kappa shape index (κ3) is 2.74. The highest BCUT2D eigenvalue weighted by Gasteiger charge is 2.18. The molecule has 0 aliphatic carbocycles. The van der Waals surface area contributed by atoms with Crippen LogP contribution in [0.15, 0.2) is 24.3 Å². The molecule has 0 saturated heterocycles. The Morgan fingerprint density at radius 2 is 2.31 bits per heavy atom. The second-order valence-corrected chi connectivity index (χ2v) is 4.00. The molecule has 1 aliphatic rings. The Morgan fingerprint density at radius 3 is 3.19 bits per heavy atom. The van der Waals surface area contributed by atoms with Crippen LogP contribution in [0.2, 0.25) is 0 Å². The minimum atomic E-state index is 0.244. The lowest BCUT2D eigenvalue weighted by Crippen LogP contribution is -2.34. The number of benzene rings is 1. The summed E-state index contributed by atoms with van der Waals surface area (Å²) in [6.45, 7) is 1.58. The van der Waals surface area contributed by atoms with Gasteiger partial charge in [0, 0.05) is 19.5 Å². The Morgan fingerprint density at radius 1 is 1.44 bits per heavy atom. The van der Waals surface area contributed by atoms with E-state index in [0.717, 1.165) is 31.7 Å². The van der Waals surface area contributed by atoms with Crippen LogP contribution in [0.25, 0.3) is 0 Å². The number of ether oxygens (including phenoxy) is 1. The Kier molecular flexibility index (Phi) is 3.79. The topological polar surface area (TPSA) is 45.0 Å². The van der Waals surface area contributed by atoms with E-state index in [2.05, 4.69) is 17.5 Å². The van der Waals surface area contributed by atoms with Crippen molar-refractivity contribution in [3.8, 4) is 11.8 Å². The van der Waals surface area contributed by atoms with Gasteiger partial charge in [-0.2, -0.15) is 5.26 Å². The summed E-state index contributed by atoms with van der Waals surface area (Å²) >= 11 is 0. The molecule has 1 atom stereocenters. The summed E-state index contributed by atoms with van der Waals surface area (Å²) in [5.41, 5.74) is 1.30. The van der Waals surface area contributed by atoms with E-state index < -0.39 is 0 Å². The summed E-state index contributed by atoms with van der Waals surface area (Å²) < 4.78 is 5.87. The monoisotopic (exact) mass is 216 g/mol. The first-order valence-electron chi connectivity index (χ1n) is 5.72. The fourth-order valence-electron chi connectivity index (χ4n) is 1.93.